The standard InChI is InChI=1S/C11H15N3/c1-7(2)10-5-8(3)13-11-9(4)12-6-14(10)11/h5-7H,1-4H3. The number of imidazole rings is 1. The highest BCUT2D eigenvalue weighted by Crippen LogP contribution is 2.18. The van der Waals surface area contributed by atoms with Gasteiger partial charge >= 0.3 is 0 Å². The van der Waals surface area contributed by atoms with Crippen LogP contribution in [-0.4, -0.2) is 14.4 Å². The Kier molecular flexibility index (Phi) is 2.02. The van der Waals surface area contributed by atoms with E-state index in [1.807, 2.05) is 20.2 Å². The molecular weight excluding hydrogens is 174 g/mol. The van der Waals surface area contributed by atoms with Crippen LogP contribution in [0.4, 0.5) is 0 Å². The predicted octanol–water partition coefficient (Wildman–Crippen LogP) is 2.47. The van der Waals surface area contributed by atoms with E-state index in [1.165, 1.54) is 5.69 Å². The van der Waals surface area contributed by atoms with Crippen molar-refractivity contribution in [2.75, 3.05) is 0 Å². The summed E-state index contributed by atoms with van der Waals surface area (Å²) in [4.78, 5) is 8.76. The quantitative estimate of drug-likeness (QED) is 0.689. The molecule has 0 amide bonds. The second-order valence-corrected chi connectivity index (χ2v) is 4.00. The average Bonchev–Trinajstić information content (AvgIpc) is 2.47. The molecule has 3 nitrogen and oxygen atoms in total. The van der Waals surface area contributed by atoms with Crippen LogP contribution in [0.2, 0.25) is 0 Å². The van der Waals surface area contributed by atoms with Crippen molar-refractivity contribution in [1.82, 2.24) is 14.4 Å². The Morgan fingerprint density at radius 2 is 2.00 bits per heavy atom. The summed E-state index contributed by atoms with van der Waals surface area (Å²) < 4.78 is 2.08. The van der Waals surface area contributed by atoms with Crippen LogP contribution in [0, 0.1) is 13.8 Å². The van der Waals surface area contributed by atoms with Crippen molar-refractivity contribution in [2.45, 2.75) is 33.6 Å². The van der Waals surface area contributed by atoms with Crippen LogP contribution < -0.4 is 0 Å². The zero-order chi connectivity index (χ0) is 10.3. The number of rotatable bonds is 1. The van der Waals surface area contributed by atoms with Crippen molar-refractivity contribution in [1.29, 1.82) is 0 Å². The molecule has 2 rings (SSSR count). The summed E-state index contributed by atoms with van der Waals surface area (Å²) in [7, 11) is 0. The van der Waals surface area contributed by atoms with Crippen LogP contribution >= 0.6 is 0 Å². The van der Waals surface area contributed by atoms with Crippen LogP contribution in [-0.2, 0) is 0 Å². The third kappa shape index (κ3) is 1.29. The molecule has 2 heterocycles. The molecule has 0 fully saturated rings. The molecule has 0 aliphatic rings. The number of aromatic nitrogens is 3. The van der Waals surface area contributed by atoms with Crippen LogP contribution in [0.25, 0.3) is 5.65 Å². The lowest BCUT2D eigenvalue weighted by molar-refractivity contribution is 0.789. The van der Waals surface area contributed by atoms with Gasteiger partial charge in [0, 0.05) is 11.4 Å². The molecule has 0 saturated heterocycles. The lowest BCUT2D eigenvalue weighted by atomic mass is 10.1. The molecule has 0 spiro atoms. The van der Waals surface area contributed by atoms with Crippen molar-refractivity contribution in [2.24, 2.45) is 0 Å². The van der Waals surface area contributed by atoms with Crippen molar-refractivity contribution in [3.8, 4) is 0 Å². The highest BCUT2D eigenvalue weighted by molar-refractivity contribution is 5.45. The van der Waals surface area contributed by atoms with Crippen molar-refractivity contribution in [3.63, 3.8) is 0 Å². The lowest BCUT2D eigenvalue weighted by Crippen LogP contribution is -2.01. The van der Waals surface area contributed by atoms with Crippen LogP contribution in [0.5, 0.6) is 0 Å². The van der Waals surface area contributed by atoms with E-state index in [9.17, 15) is 0 Å². The maximum absolute atomic E-state index is 4.48. The van der Waals surface area contributed by atoms with Gasteiger partial charge < -0.3 is 0 Å². The molecule has 0 saturated carbocycles. The molecular formula is C11H15N3. The Morgan fingerprint density at radius 1 is 1.29 bits per heavy atom. The van der Waals surface area contributed by atoms with E-state index >= 15 is 0 Å². The van der Waals surface area contributed by atoms with Gasteiger partial charge in [-0.15, -0.1) is 0 Å². The van der Waals surface area contributed by atoms with E-state index in [0.29, 0.717) is 5.92 Å². The molecule has 74 valence electrons. The molecule has 3 heteroatoms. The van der Waals surface area contributed by atoms with Gasteiger partial charge in [-0.2, -0.15) is 0 Å². The Bertz CT molecular complexity index is 469. The normalized spacial score (nSPS) is 11.5. The highest BCUT2D eigenvalue weighted by Gasteiger charge is 2.09. The first-order chi connectivity index (χ1) is 6.59. The van der Waals surface area contributed by atoms with E-state index < -0.39 is 0 Å². The molecule has 0 unspecified atom stereocenters. The minimum absolute atomic E-state index is 0.493. The van der Waals surface area contributed by atoms with E-state index in [-0.39, 0.29) is 0 Å². The van der Waals surface area contributed by atoms with E-state index in [1.54, 1.807) is 0 Å². The Balaban J connectivity index is 2.82. The van der Waals surface area contributed by atoms with Gasteiger partial charge in [-0.05, 0) is 25.8 Å². The van der Waals surface area contributed by atoms with Crippen molar-refractivity contribution < 1.29 is 0 Å². The van der Waals surface area contributed by atoms with E-state index in [4.69, 9.17) is 0 Å². The molecule has 2 aromatic rings. The van der Waals surface area contributed by atoms with Crippen LogP contribution in [0.15, 0.2) is 12.4 Å². The largest absolute Gasteiger partial charge is 0.287 e. The maximum Gasteiger partial charge on any atom is 0.159 e. The fourth-order valence-corrected chi connectivity index (χ4v) is 1.68. The first-order valence-electron chi connectivity index (χ1n) is 4.91. The molecule has 2 aromatic heterocycles. The second-order valence-electron chi connectivity index (χ2n) is 4.00. The van der Waals surface area contributed by atoms with Crippen LogP contribution in [0.3, 0.4) is 0 Å². The Labute approximate surface area is 83.8 Å². The highest BCUT2D eigenvalue weighted by atomic mass is 15.1. The molecule has 0 aliphatic heterocycles. The Morgan fingerprint density at radius 3 is 2.64 bits per heavy atom. The van der Waals surface area contributed by atoms with Gasteiger partial charge in [-0.3, -0.25) is 4.40 Å². The predicted molar refractivity (Wildman–Crippen MR) is 56.6 cm³/mol. The molecule has 14 heavy (non-hydrogen) atoms. The van der Waals surface area contributed by atoms with Gasteiger partial charge in [0.2, 0.25) is 0 Å². The smallest absolute Gasteiger partial charge is 0.159 e. The molecule has 0 aromatic carbocycles. The summed E-state index contributed by atoms with van der Waals surface area (Å²) in [6.07, 6.45) is 1.85. The fraction of sp³-hybridized carbons (Fsp3) is 0.455. The molecule has 0 N–H and O–H groups in total. The Hall–Kier alpha value is -1.38. The number of nitrogens with zero attached hydrogens (tertiary/aromatic N) is 3. The van der Waals surface area contributed by atoms with E-state index in [0.717, 1.165) is 17.0 Å². The van der Waals surface area contributed by atoms with Crippen molar-refractivity contribution >= 4 is 5.65 Å². The average molecular weight is 189 g/mol. The monoisotopic (exact) mass is 189 g/mol. The van der Waals surface area contributed by atoms with Crippen LogP contribution in [0.1, 0.15) is 36.8 Å². The maximum atomic E-state index is 4.48. The summed E-state index contributed by atoms with van der Waals surface area (Å²) in [5.74, 6) is 0.493. The van der Waals surface area contributed by atoms with Gasteiger partial charge in [0.15, 0.2) is 5.65 Å². The molecule has 0 bridgehead atoms. The number of fused-ring (bicyclic) bond motifs is 1. The number of hydrogen-bond acceptors (Lipinski definition) is 2. The first-order valence-corrected chi connectivity index (χ1v) is 4.91. The second kappa shape index (κ2) is 3.08. The van der Waals surface area contributed by atoms with Gasteiger partial charge in [0.1, 0.15) is 6.33 Å². The third-order valence-corrected chi connectivity index (χ3v) is 2.43. The van der Waals surface area contributed by atoms with Gasteiger partial charge in [-0.25, -0.2) is 9.97 Å². The zero-order valence-electron chi connectivity index (χ0n) is 9.07. The van der Waals surface area contributed by atoms with E-state index in [2.05, 4.69) is 34.3 Å². The summed E-state index contributed by atoms with van der Waals surface area (Å²) >= 11 is 0. The number of hydrogen-bond donors (Lipinski definition) is 0. The summed E-state index contributed by atoms with van der Waals surface area (Å²) in [5.41, 5.74) is 4.31. The third-order valence-electron chi connectivity index (χ3n) is 2.43. The SMILES string of the molecule is Cc1cc(C(C)C)n2cnc(C)c2n1. The summed E-state index contributed by atoms with van der Waals surface area (Å²) in [5, 5.41) is 0. The zero-order valence-corrected chi connectivity index (χ0v) is 9.07. The molecule has 0 radical (unpaired) electrons. The minimum atomic E-state index is 0.493. The fourth-order valence-electron chi connectivity index (χ4n) is 1.68. The topological polar surface area (TPSA) is 30.2 Å². The lowest BCUT2D eigenvalue weighted by Gasteiger charge is -2.09. The van der Waals surface area contributed by atoms with Gasteiger partial charge in [0.25, 0.3) is 0 Å². The summed E-state index contributed by atoms with van der Waals surface area (Å²) in [6.45, 7) is 8.39. The first kappa shape index (κ1) is 9.19. The number of aryl methyl sites for hydroxylation is 2. The molecule has 0 aliphatic carbocycles. The molecule has 0 atom stereocenters. The van der Waals surface area contributed by atoms with Gasteiger partial charge in [-0.1, -0.05) is 13.8 Å². The van der Waals surface area contributed by atoms with Crippen molar-refractivity contribution in [3.05, 3.63) is 29.5 Å². The minimum Gasteiger partial charge on any atom is -0.287 e. The summed E-state index contributed by atoms with van der Waals surface area (Å²) in [6, 6.07) is 2.12. The van der Waals surface area contributed by atoms with Gasteiger partial charge in [0.05, 0.1) is 5.69 Å².